The molecule has 0 aromatic carbocycles. The van der Waals surface area contributed by atoms with Crippen molar-refractivity contribution in [3.8, 4) is 11.3 Å². The van der Waals surface area contributed by atoms with Crippen LogP contribution in [0.3, 0.4) is 0 Å². The molecule has 20 heavy (non-hydrogen) atoms. The lowest BCUT2D eigenvalue weighted by molar-refractivity contribution is 0.0532. The van der Waals surface area contributed by atoms with Crippen LogP contribution in [0.5, 0.6) is 0 Å². The van der Waals surface area contributed by atoms with Gasteiger partial charge in [0.05, 0.1) is 18.4 Å². The number of nitrogen functional groups attached to an aromatic ring is 1. The number of hydrogen-bond acceptors (Lipinski definition) is 7. The molecule has 108 valence electrons. The van der Waals surface area contributed by atoms with Crippen LogP contribution >= 0.6 is 18.9 Å². The maximum absolute atomic E-state index is 11.8. The van der Waals surface area contributed by atoms with E-state index in [1.807, 2.05) is 0 Å². The third-order valence-corrected chi connectivity index (χ3v) is 4.01. The van der Waals surface area contributed by atoms with Gasteiger partial charge >= 0.3 is 13.6 Å². The normalized spacial score (nSPS) is 11.6. The number of nitrogens with zero attached hydrogens (tertiary/aromatic N) is 1. The van der Waals surface area contributed by atoms with Crippen LogP contribution < -0.4 is 11.2 Å². The van der Waals surface area contributed by atoms with E-state index in [1.165, 1.54) is 6.07 Å². The summed E-state index contributed by atoms with van der Waals surface area (Å²) in [6.07, 6.45) is 1.11. The van der Waals surface area contributed by atoms with Crippen molar-refractivity contribution in [2.75, 3.05) is 12.3 Å². The summed E-state index contributed by atoms with van der Waals surface area (Å²) in [6, 6.07) is 1.31. The van der Waals surface area contributed by atoms with Gasteiger partial charge in [-0.2, -0.15) is 0 Å². The largest absolute Gasteiger partial charge is 0.462 e. The summed E-state index contributed by atoms with van der Waals surface area (Å²) in [7, 11) is -4.62. The molecule has 8 nitrogen and oxygen atoms in total. The first-order valence-electron chi connectivity index (χ1n) is 5.42. The number of aromatic nitrogens is 1. The summed E-state index contributed by atoms with van der Waals surface area (Å²) in [5.41, 5.74) is 5.05. The summed E-state index contributed by atoms with van der Waals surface area (Å²) in [6.45, 7) is 1.80. The Bertz CT molecular complexity index is 688. The number of thiazole rings is 1. The van der Waals surface area contributed by atoms with E-state index in [9.17, 15) is 19.1 Å². The first-order chi connectivity index (χ1) is 9.34. The quantitative estimate of drug-likeness (QED) is 0.560. The summed E-state index contributed by atoms with van der Waals surface area (Å²) < 4.78 is 21.0. The van der Waals surface area contributed by atoms with Crippen LogP contribution in [0.1, 0.15) is 16.6 Å². The average molecular weight is 318 g/mol. The Kier molecular flexibility index (Phi) is 3.96. The van der Waals surface area contributed by atoms with Crippen LogP contribution in [-0.2, 0) is 9.30 Å². The van der Waals surface area contributed by atoms with E-state index >= 15 is 0 Å². The van der Waals surface area contributed by atoms with Gasteiger partial charge in [0.2, 0.25) is 5.50 Å². The number of ether oxygens (including phenoxy) is 1. The lowest BCUT2D eigenvalue weighted by Gasteiger charge is -2.04. The van der Waals surface area contributed by atoms with Gasteiger partial charge < -0.3 is 24.7 Å². The van der Waals surface area contributed by atoms with Gasteiger partial charge in [-0.3, -0.25) is 4.57 Å². The molecule has 2 aromatic rings. The van der Waals surface area contributed by atoms with Crippen molar-refractivity contribution in [3.63, 3.8) is 0 Å². The maximum atomic E-state index is 11.8. The molecular weight excluding hydrogens is 307 g/mol. The van der Waals surface area contributed by atoms with E-state index in [0.29, 0.717) is 0 Å². The Labute approximate surface area is 117 Å². The van der Waals surface area contributed by atoms with Crippen molar-refractivity contribution in [1.29, 1.82) is 0 Å². The lowest BCUT2D eigenvalue weighted by atomic mass is 10.2. The highest BCUT2D eigenvalue weighted by atomic mass is 32.1. The monoisotopic (exact) mass is 318 g/mol. The van der Waals surface area contributed by atoms with Gasteiger partial charge in [-0.05, 0) is 13.0 Å². The fourth-order valence-electron chi connectivity index (χ4n) is 1.56. The molecule has 0 unspecified atom stereocenters. The first-order valence-corrected chi connectivity index (χ1v) is 7.85. The van der Waals surface area contributed by atoms with Gasteiger partial charge in [0.25, 0.3) is 0 Å². The Morgan fingerprint density at radius 3 is 2.90 bits per heavy atom. The van der Waals surface area contributed by atoms with E-state index in [2.05, 4.69) is 4.98 Å². The number of esters is 1. The zero-order valence-electron chi connectivity index (χ0n) is 10.3. The molecule has 2 aromatic heterocycles. The zero-order valence-corrected chi connectivity index (χ0v) is 12.0. The summed E-state index contributed by atoms with van der Waals surface area (Å²) in [5.74, 6) is -0.658. The van der Waals surface area contributed by atoms with Gasteiger partial charge in [-0.25, -0.2) is 9.78 Å². The van der Waals surface area contributed by atoms with Crippen LogP contribution in [0, 0.1) is 0 Å². The molecule has 0 atom stereocenters. The highest BCUT2D eigenvalue weighted by molar-refractivity contribution is 7.60. The van der Waals surface area contributed by atoms with Crippen molar-refractivity contribution in [2.24, 2.45) is 0 Å². The molecular formula is C10H11N2O6PS. The third kappa shape index (κ3) is 2.75. The van der Waals surface area contributed by atoms with Crippen molar-refractivity contribution in [1.82, 2.24) is 4.98 Å². The second kappa shape index (κ2) is 5.37. The van der Waals surface area contributed by atoms with Crippen LogP contribution in [0.4, 0.5) is 5.13 Å². The van der Waals surface area contributed by atoms with Crippen molar-refractivity contribution >= 4 is 35.5 Å². The van der Waals surface area contributed by atoms with Gasteiger partial charge in [0, 0.05) is 0 Å². The maximum Gasteiger partial charge on any atom is 0.391 e. The number of carbonyl (C=O) groups is 1. The molecule has 2 heterocycles. The van der Waals surface area contributed by atoms with Crippen LogP contribution in [0.2, 0.25) is 0 Å². The molecule has 0 saturated heterocycles. The van der Waals surface area contributed by atoms with Crippen molar-refractivity contribution in [3.05, 3.63) is 17.2 Å². The highest BCUT2D eigenvalue weighted by Gasteiger charge is 2.31. The molecule has 2 rings (SSSR count). The van der Waals surface area contributed by atoms with Gasteiger partial charge in [0.15, 0.2) is 5.13 Å². The number of furan rings is 1. The van der Waals surface area contributed by atoms with Crippen LogP contribution in [-0.4, -0.2) is 27.3 Å². The van der Waals surface area contributed by atoms with Crippen LogP contribution in [0.25, 0.3) is 11.3 Å². The standard InChI is InChI=1S/C10H11N2O6PS/c1-2-17-8(13)7-6(12-10(11)20-7)5-3-4-18-9(5)19(14,15)16/h3-4H,2H2,1H3,(H2,11,12)(H2,14,15,16). The molecule has 0 spiro atoms. The molecule has 0 aliphatic carbocycles. The van der Waals surface area contributed by atoms with Crippen LogP contribution in [0.15, 0.2) is 16.7 Å². The van der Waals surface area contributed by atoms with Gasteiger partial charge in [-0.1, -0.05) is 11.3 Å². The van der Waals surface area contributed by atoms with Crippen molar-refractivity contribution in [2.45, 2.75) is 6.92 Å². The third-order valence-electron chi connectivity index (χ3n) is 2.27. The fourth-order valence-corrected chi connectivity index (χ4v) is 2.99. The molecule has 0 amide bonds. The minimum atomic E-state index is -4.62. The van der Waals surface area contributed by atoms with E-state index in [-0.39, 0.29) is 27.9 Å². The molecule has 10 heteroatoms. The molecule has 4 N–H and O–H groups in total. The predicted octanol–water partition coefficient (Wildman–Crippen LogP) is 0.965. The second-order valence-electron chi connectivity index (χ2n) is 3.63. The Balaban J connectivity index is 2.57. The molecule has 0 bridgehead atoms. The van der Waals surface area contributed by atoms with E-state index in [4.69, 9.17) is 14.9 Å². The summed E-state index contributed by atoms with van der Waals surface area (Å²) >= 11 is 0.877. The Hall–Kier alpha value is -1.67. The van der Waals surface area contributed by atoms with E-state index in [1.54, 1.807) is 6.92 Å². The Morgan fingerprint density at radius 2 is 2.30 bits per heavy atom. The summed E-state index contributed by atoms with van der Waals surface area (Å²) in [5, 5.41) is 0.0842. The number of anilines is 1. The SMILES string of the molecule is CCOC(=O)c1sc(N)nc1-c1ccoc1P(=O)(O)O. The fraction of sp³-hybridized carbons (Fsp3) is 0.200. The highest BCUT2D eigenvalue weighted by Crippen LogP contribution is 2.40. The second-order valence-corrected chi connectivity index (χ2v) is 6.16. The minimum Gasteiger partial charge on any atom is -0.462 e. The average Bonchev–Trinajstić information content (AvgIpc) is 2.93. The predicted molar refractivity (Wildman–Crippen MR) is 71.9 cm³/mol. The molecule has 0 fully saturated rings. The molecule has 0 radical (unpaired) electrons. The number of hydrogen-bond donors (Lipinski definition) is 3. The number of nitrogens with two attached hydrogens (primary N) is 1. The minimum absolute atomic E-state index is 0.0225. The van der Waals surface area contributed by atoms with Crippen molar-refractivity contribution < 1.29 is 28.3 Å². The first kappa shape index (κ1) is 14.7. The van der Waals surface area contributed by atoms with E-state index in [0.717, 1.165) is 17.6 Å². The lowest BCUT2D eigenvalue weighted by Crippen LogP contribution is -2.08. The molecule has 0 saturated carbocycles. The smallest absolute Gasteiger partial charge is 0.391 e. The molecule has 0 aliphatic rings. The zero-order chi connectivity index (χ0) is 14.9. The van der Waals surface area contributed by atoms with Gasteiger partial charge in [0.1, 0.15) is 10.6 Å². The topological polar surface area (TPSA) is 136 Å². The molecule has 0 aliphatic heterocycles. The Morgan fingerprint density at radius 1 is 1.60 bits per heavy atom. The number of rotatable bonds is 4. The summed E-state index contributed by atoms with van der Waals surface area (Å²) in [4.78, 5) is 34.2. The number of carbonyl (C=O) groups excluding carboxylic acids is 1. The van der Waals surface area contributed by atoms with E-state index < -0.39 is 19.1 Å². The van der Waals surface area contributed by atoms with Gasteiger partial charge in [-0.15, -0.1) is 0 Å².